The Morgan fingerprint density at radius 3 is 2.61 bits per heavy atom. The maximum atomic E-state index is 12.9. The topological polar surface area (TPSA) is 94.0 Å². The number of imide groups is 1. The van der Waals surface area contributed by atoms with E-state index in [0.29, 0.717) is 12.3 Å². The zero-order valence-corrected chi connectivity index (χ0v) is 19.8. The summed E-state index contributed by atoms with van der Waals surface area (Å²) in [6, 6.07) is 9.43. The normalized spacial score (nSPS) is 22.2. The molecule has 3 amide bonds. The van der Waals surface area contributed by atoms with Gasteiger partial charge in [-0.25, -0.2) is 19.8 Å². The van der Waals surface area contributed by atoms with Gasteiger partial charge in [-0.2, -0.15) is 0 Å². The number of carbonyl (C=O) groups excluding carboxylic acids is 2. The van der Waals surface area contributed by atoms with Crippen LogP contribution in [0.5, 0.6) is 0 Å². The lowest BCUT2D eigenvalue weighted by Crippen LogP contribution is -2.64. The molecule has 2 atom stereocenters. The molecule has 0 bridgehead atoms. The van der Waals surface area contributed by atoms with Crippen LogP contribution in [0.15, 0.2) is 40.5 Å². The van der Waals surface area contributed by atoms with E-state index < -0.39 is 18.2 Å². The van der Waals surface area contributed by atoms with E-state index in [1.165, 1.54) is 16.0 Å². The van der Waals surface area contributed by atoms with Gasteiger partial charge < -0.3 is 14.7 Å². The van der Waals surface area contributed by atoms with Crippen LogP contribution in [0.25, 0.3) is 0 Å². The lowest BCUT2D eigenvalue weighted by Gasteiger charge is -2.38. The smallest absolute Gasteiger partial charge is 0.325 e. The maximum absolute atomic E-state index is 12.9. The minimum Gasteiger partial charge on any atom is -0.338 e. The van der Waals surface area contributed by atoms with Gasteiger partial charge in [0.1, 0.15) is 0 Å². The van der Waals surface area contributed by atoms with E-state index in [1.807, 2.05) is 24.8 Å². The van der Waals surface area contributed by atoms with E-state index in [-0.39, 0.29) is 5.91 Å². The molecular formula is C23H27N7O2S. The summed E-state index contributed by atoms with van der Waals surface area (Å²) in [5.74, 6) is 1.17. The number of fused-ring (bicyclic) bond motifs is 2. The molecule has 1 N–H and O–H groups in total. The molecule has 1 fully saturated rings. The van der Waals surface area contributed by atoms with E-state index in [4.69, 9.17) is 4.99 Å². The Balaban J connectivity index is 1.38. The number of aliphatic imine (C=N–C) groups is 1. The molecule has 0 saturated carbocycles. The van der Waals surface area contributed by atoms with Crippen LogP contribution < -0.4 is 5.32 Å². The average Bonchev–Trinajstić information content (AvgIpc) is 3.17. The molecule has 3 aliphatic heterocycles. The minimum atomic E-state index is -0.541. The standard InChI is InChI=1S/C23H27N7O2S/c1-14-12-15(2)25-21(24-14)33-11-10-30-18-19(28(3)23(32)27-20(18)31)26-22(30)29-9-8-16-6-4-5-7-17(16)13-29/h4-7,12,18-19H,8-11,13H2,1-3H3,(H,27,31,32). The molecule has 33 heavy (non-hydrogen) atoms. The minimum absolute atomic E-state index is 0.299. The van der Waals surface area contributed by atoms with Gasteiger partial charge in [-0.15, -0.1) is 0 Å². The van der Waals surface area contributed by atoms with Gasteiger partial charge in [0.25, 0.3) is 5.91 Å². The Morgan fingerprint density at radius 1 is 1.12 bits per heavy atom. The van der Waals surface area contributed by atoms with Gasteiger partial charge in [-0.1, -0.05) is 36.0 Å². The van der Waals surface area contributed by atoms with E-state index in [1.54, 1.807) is 18.8 Å². The predicted octanol–water partition coefficient (Wildman–Crippen LogP) is 1.79. The van der Waals surface area contributed by atoms with Crippen LogP contribution in [-0.4, -0.2) is 80.7 Å². The van der Waals surface area contributed by atoms with Gasteiger partial charge >= 0.3 is 6.03 Å². The summed E-state index contributed by atoms with van der Waals surface area (Å²) in [5.41, 5.74) is 4.50. The second kappa shape index (κ2) is 8.66. The Morgan fingerprint density at radius 2 is 1.85 bits per heavy atom. The van der Waals surface area contributed by atoms with Crippen molar-refractivity contribution in [2.45, 2.75) is 44.2 Å². The molecule has 1 saturated heterocycles. The highest BCUT2D eigenvalue weighted by Gasteiger charge is 2.49. The van der Waals surface area contributed by atoms with Crippen molar-refractivity contribution in [1.82, 2.24) is 30.0 Å². The van der Waals surface area contributed by atoms with Crippen LogP contribution in [-0.2, 0) is 17.8 Å². The van der Waals surface area contributed by atoms with Gasteiger partial charge in [0, 0.05) is 43.8 Å². The number of carbonyl (C=O) groups is 2. The van der Waals surface area contributed by atoms with Crippen molar-refractivity contribution < 1.29 is 9.59 Å². The van der Waals surface area contributed by atoms with E-state index in [0.717, 1.165) is 42.0 Å². The maximum Gasteiger partial charge on any atom is 0.325 e. The number of guanidine groups is 1. The fourth-order valence-corrected chi connectivity index (χ4v) is 5.56. The molecule has 2 aromatic rings. The average molecular weight is 466 g/mol. The highest BCUT2D eigenvalue weighted by Crippen LogP contribution is 2.29. The summed E-state index contributed by atoms with van der Waals surface area (Å²) in [6.07, 6.45) is 0.394. The second-order valence-electron chi connectivity index (χ2n) is 8.61. The number of nitrogens with zero attached hydrogens (tertiary/aromatic N) is 6. The van der Waals surface area contributed by atoms with Crippen LogP contribution >= 0.6 is 11.8 Å². The lowest BCUT2D eigenvalue weighted by molar-refractivity contribution is -0.127. The summed E-state index contributed by atoms with van der Waals surface area (Å²) < 4.78 is 0. The van der Waals surface area contributed by atoms with Crippen molar-refractivity contribution in [3.05, 3.63) is 52.8 Å². The van der Waals surface area contributed by atoms with Gasteiger partial charge in [0.05, 0.1) is 0 Å². The third-order valence-electron chi connectivity index (χ3n) is 6.28. The number of benzene rings is 1. The highest BCUT2D eigenvalue weighted by molar-refractivity contribution is 7.99. The third-order valence-corrected chi connectivity index (χ3v) is 7.10. The number of rotatable bonds is 4. The summed E-state index contributed by atoms with van der Waals surface area (Å²) in [5, 5.41) is 3.21. The van der Waals surface area contributed by atoms with Crippen LogP contribution in [0.2, 0.25) is 0 Å². The van der Waals surface area contributed by atoms with E-state index in [9.17, 15) is 9.59 Å². The van der Waals surface area contributed by atoms with Crippen LogP contribution in [0.1, 0.15) is 22.5 Å². The van der Waals surface area contributed by atoms with Gasteiger partial charge in [0.2, 0.25) is 0 Å². The van der Waals surface area contributed by atoms with Crippen LogP contribution in [0.4, 0.5) is 4.79 Å². The van der Waals surface area contributed by atoms with Crippen LogP contribution in [0, 0.1) is 13.8 Å². The van der Waals surface area contributed by atoms with Crippen molar-refractivity contribution >= 4 is 29.7 Å². The third kappa shape index (κ3) is 4.15. The largest absolute Gasteiger partial charge is 0.338 e. The zero-order valence-electron chi connectivity index (χ0n) is 19.0. The SMILES string of the molecule is Cc1cc(C)nc(SCCN2C(N3CCc4ccccc4C3)=NC3C2C(=O)NC(=O)N3C)n1. The number of hydrogen-bond donors (Lipinski definition) is 1. The number of amides is 3. The Kier molecular flexibility index (Phi) is 5.69. The van der Waals surface area contributed by atoms with E-state index in [2.05, 4.69) is 44.5 Å². The van der Waals surface area contributed by atoms with Gasteiger partial charge in [-0.05, 0) is 37.5 Å². The molecule has 3 aliphatic rings. The lowest BCUT2D eigenvalue weighted by atomic mass is 10.0. The quantitative estimate of drug-likeness (QED) is 0.543. The fraction of sp³-hybridized carbons (Fsp3) is 0.435. The zero-order chi connectivity index (χ0) is 23.1. The van der Waals surface area contributed by atoms with E-state index >= 15 is 0 Å². The molecular weight excluding hydrogens is 438 g/mol. The summed E-state index contributed by atoms with van der Waals surface area (Å²) >= 11 is 1.57. The number of aryl methyl sites for hydroxylation is 2. The molecule has 5 rings (SSSR count). The first-order chi connectivity index (χ1) is 15.9. The van der Waals surface area contributed by atoms with Crippen molar-refractivity contribution in [3.8, 4) is 0 Å². The number of urea groups is 1. The summed E-state index contributed by atoms with van der Waals surface area (Å²) in [4.78, 5) is 44.8. The number of nitrogens with one attached hydrogen (secondary N) is 1. The summed E-state index contributed by atoms with van der Waals surface area (Å²) in [6.45, 7) is 6.06. The number of hydrogen-bond acceptors (Lipinski definition) is 8. The van der Waals surface area contributed by atoms with Crippen LogP contribution in [0.3, 0.4) is 0 Å². The second-order valence-corrected chi connectivity index (χ2v) is 9.67. The number of likely N-dealkylation sites (N-methyl/N-ethyl adjacent to an activating group) is 1. The molecule has 172 valence electrons. The van der Waals surface area contributed by atoms with Crippen molar-refractivity contribution in [2.75, 3.05) is 25.9 Å². The molecule has 1 aromatic carbocycles. The van der Waals surface area contributed by atoms with Crippen molar-refractivity contribution in [1.29, 1.82) is 0 Å². The predicted molar refractivity (Wildman–Crippen MR) is 126 cm³/mol. The molecule has 0 spiro atoms. The van der Waals surface area contributed by atoms with Crippen molar-refractivity contribution in [3.63, 3.8) is 0 Å². The number of aromatic nitrogens is 2. The summed E-state index contributed by atoms with van der Waals surface area (Å²) in [7, 11) is 1.69. The molecule has 2 unspecified atom stereocenters. The van der Waals surface area contributed by atoms with Gasteiger partial charge in [0.15, 0.2) is 23.3 Å². The Hall–Kier alpha value is -3.14. The first kappa shape index (κ1) is 21.7. The molecule has 0 aliphatic carbocycles. The first-order valence-corrected chi connectivity index (χ1v) is 12.1. The first-order valence-electron chi connectivity index (χ1n) is 11.1. The van der Waals surface area contributed by atoms with Crippen molar-refractivity contribution in [2.24, 2.45) is 4.99 Å². The Labute approximate surface area is 197 Å². The molecule has 10 heteroatoms. The molecule has 1 aromatic heterocycles. The Bertz CT molecular complexity index is 1120. The fourth-order valence-electron chi connectivity index (χ4n) is 4.67. The highest BCUT2D eigenvalue weighted by atomic mass is 32.2. The monoisotopic (exact) mass is 465 g/mol. The number of thioether (sulfide) groups is 1. The molecule has 9 nitrogen and oxygen atoms in total. The molecule has 4 heterocycles. The molecule has 0 radical (unpaired) electrons. The van der Waals surface area contributed by atoms with Gasteiger partial charge in [-0.3, -0.25) is 10.1 Å².